The van der Waals surface area contributed by atoms with Gasteiger partial charge in [-0.25, -0.2) is 9.55 Å². The van der Waals surface area contributed by atoms with E-state index >= 15 is 0 Å². The highest BCUT2D eigenvalue weighted by Crippen LogP contribution is 2.10. The zero-order chi connectivity index (χ0) is 22.8. The van der Waals surface area contributed by atoms with Gasteiger partial charge in [0.2, 0.25) is 5.95 Å². The van der Waals surface area contributed by atoms with E-state index in [0.717, 1.165) is 12.7 Å². The van der Waals surface area contributed by atoms with Crippen molar-refractivity contribution in [2.45, 2.75) is 64.8 Å². The zero-order valence-electron chi connectivity index (χ0n) is 19.0. The fourth-order valence-electron chi connectivity index (χ4n) is 2.11. The van der Waals surface area contributed by atoms with Gasteiger partial charge in [-0.3, -0.25) is 4.57 Å². The molecule has 30 heavy (non-hydrogen) atoms. The summed E-state index contributed by atoms with van der Waals surface area (Å²) in [7, 11) is -2.07. The second-order valence-electron chi connectivity index (χ2n) is 9.41. The molecule has 2 aromatic heterocycles. The number of ether oxygens (including phenoxy) is 2. The molecular weight excluding hydrogens is 420 g/mol. The highest BCUT2D eigenvalue weighted by molar-refractivity contribution is 6.76. The largest absolute Gasteiger partial charge is 0.436 e. The fraction of sp³-hybridized carbons (Fsp3) is 0.667. The van der Waals surface area contributed by atoms with Crippen LogP contribution in [-0.4, -0.2) is 53.4 Å². The van der Waals surface area contributed by atoms with Crippen molar-refractivity contribution >= 4 is 28.0 Å². The van der Waals surface area contributed by atoms with E-state index in [0.29, 0.717) is 19.3 Å². The third-order valence-corrected chi connectivity index (χ3v) is 7.47. The van der Waals surface area contributed by atoms with Crippen LogP contribution in [0.2, 0.25) is 51.4 Å². The second-order valence-corrected chi connectivity index (χ2v) is 20.6. The van der Waals surface area contributed by atoms with Gasteiger partial charge in [0.15, 0.2) is 6.73 Å². The van der Waals surface area contributed by atoms with Gasteiger partial charge in [-0.1, -0.05) is 44.3 Å². The van der Waals surface area contributed by atoms with Crippen molar-refractivity contribution in [2.75, 3.05) is 18.9 Å². The van der Waals surface area contributed by atoms with Gasteiger partial charge in [0.1, 0.15) is 19.1 Å². The Balaban J connectivity index is 0.000000303. The van der Waals surface area contributed by atoms with Crippen LogP contribution < -0.4 is 5.73 Å². The smallest absolute Gasteiger partial charge is 0.390 e. The summed E-state index contributed by atoms with van der Waals surface area (Å²) >= 11 is 0. The Morgan fingerprint density at radius 3 is 1.83 bits per heavy atom. The van der Waals surface area contributed by atoms with Gasteiger partial charge in [-0.05, 0) is 17.0 Å². The summed E-state index contributed by atoms with van der Waals surface area (Å²) in [4.78, 5) is 17.6. The van der Waals surface area contributed by atoms with Crippen LogP contribution in [0.1, 0.15) is 0 Å². The van der Waals surface area contributed by atoms with Crippen LogP contribution >= 0.6 is 0 Å². The van der Waals surface area contributed by atoms with Crippen molar-refractivity contribution in [3.8, 4) is 0 Å². The molecule has 0 radical (unpaired) electrons. The molecule has 0 bridgehead atoms. The summed E-state index contributed by atoms with van der Waals surface area (Å²) in [6.45, 7) is 15.9. The first-order chi connectivity index (χ1) is 13.9. The van der Waals surface area contributed by atoms with E-state index < -0.39 is 21.1 Å². The Hall–Kier alpha value is -2.03. The topological polar surface area (TPSA) is 123 Å². The molecule has 0 aliphatic rings. The number of rotatable bonds is 11. The molecule has 0 saturated heterocycles. The number of imidazole rings is 2. The Kier molecular flexibility index (Phi) is 10.4. The van der Waals surface area contributed by atoms with Gasteiger partial charge in [0.05, 0.1) is 0 Å². The van der Waals surface area contributed by atoms with Gasteiger partial charge >= 0.3 is 5.95 Å². The number of nitrogen functional groups attached to an aromatic ring is 1. The molecule has 0 atom stereocenters. The molecule has 0 aromatic carbocycles. The molecule has 170 valence electrons. The molecule has 2 rings (SSSR count). The van der Waals surface area contributed by atoms with Crippen molar-refractivity contribution in [1.82, 2.24) is 19.1 Å². The maximum Gasteiger partial charge on any atom is 0.436 e. The Morgan fingerprint density at radius 2 is 1.40 bits per heavy atom. The second kappa shape index (κ2) is 12.0. The maximum absolute atomic E-state index is 10.5. The van der Waals surface area contributed by atoms with E-state index in [1.54, 1.807) is 17.0 Å². The molecule has 0 saturated carbocycles. The highest BCUT2D eigenvalue weighted by atomic mass is 28.3. The molecule has 2 heterocycles. The Morgan fingerprint density at radius 1 is 0.933 bits per heavy atom. The van der Waals surface area contributed by atoms with E-state index in [9.17, 15) is 10.1 Å². The lowest BCUT2D eigenvalue weighted by Gasteiger charge is -2.15. The molecule has 0 amide bonds. The SMILES string of the molecule is C[Si](C)(C)CCOCn1ccnc1N.C[Si](C)(C)CCOCn1ccnc1[N+](=O)[O-]. The van der Waals surface area contributed by atoms with Crippen molar-refractivity contribution in [3.63, 3.8) is 0 Å². The molecule has 0 fully saturated rings. The number of anilines is 1. The van der Waals surface area contributed by atoms with Gasteiger partial charge in [-0.15, -0.1) is 0 Å². The average Bonchev–Trinajstić information content (AvgIpc) is 3.23. The van der Waals surface area contributed by atoms with E-state index in [1.807, 2.05) is 6.20 Å². The molecule has 12 heteroatoms. The van der Waals surface area contributed by atoms with Crippen LogP contribution in [-0.2, 0) is 22.9 Å². The molecule has 2 N–H and O–H groups in total. The van der Waals surface area contributed by atoms with Crippen LogP contribution in [0.5, 0.6) is 0 Å². The minimum absolute atomic E-state index is 0.173. The van der Waals surface area contributed by atoms with E-state index in [1.165, 1.54) is 16.8 Å². The summed E-state index contributed by atoms with van der Waals surface area (Å²) < 4.78 is 14.1. The average molecular weight is 457 g/mol. The summed E-state index contributed by atoms with van der Waals surface area (Å²) in [5, 5.41) is 10.5. The molecular formula is C18H36N6O4Si2. The Bertz CT molecular complexity index is 767. The number of nitro groups is 1. The van der Waals surface area contributed by atoms with Crippen LogP contribution in [0.3, 0.4) is 0 Å². The molecule has 0 spiro atoms. The number of nitrogens with two attached hydrogens (primary N) is 1. The number of nitrogens with zero attached hydrogens (tertiary/aromatic N) is 5. The fourth-order valence-corrected chi connectivity index (χ4v) is 3.62. The molecule has 10 nitrogen and oxygen atoms in total. The third-order valence-electron chi connectivity index (χ3n) is 4.06. The summed E-state index contributed by atoms with van der Waals surface area (Å²) in [6.07, 6.45) is 6.45. The summed E-state index contributed by atoms with van der Waals surface area (Å²) in [5.74, 6) is 0.339. The summed E-state index contributed by atoms with van der Waals surface area (Å²) in [6, 6.07) is 2.23. The lowest BCUT2D eigenvalue weighted by atomic mass is 10.8. The number of aromatic nitrogens is 4. The molecule has 0 unspecified atom stereocenters. The van der Waals surface area contributed by atoms with E-state index in [4.69, 9.17) is 15.2 Å². The van der Waals surface area contributed by atoms with Crippen LogP contribution in [0.15, 0.2) is 24.8 Å². The van der Waals surface area contributed by atoms with E-state index in [2.05, 4.69) is 49.3 Å². The predicted molar refractivity (Wildman–Crippen MR) is 124 cm³/mol. The lowest BCUT2D eigenvalue weighted by molar-refractivity contribution is -0.397. The maximum atomic E-state index is 10.5. The van der Waals surface area contributed by atoms with Gasteiger partial charge in [0, 0.05) is 41.8 Å². The van der Waals surface area contributed by atoms with Crippen LogP contribution in [0.25, 0.3) is 0 Å². The first-order valence-corrected chi connectivity index (χ1v) is 17.4. The van der Waals surface area contributed by atoms with Crippen LogP contribution in [0.4, 0.5) is 11.9 Å². The Labute approximate surface area is 180 Å². The van der Waals surface area contributed by atoms with Gasteiger partial charge in [-0.2, -0.15) is 0 Å². The summed E-state index contributed by atoms with van der Waals surface area (Å²) in [5.41, 5.74) is 5.59. The third kappa shape index (κ3) is 11.2. The van der Waals surface area contributed by atoms with Crippen LogP contribution in [0, 0.1) is 10.1 Å². The molecule has 2 aromatic rings. The van der Waals surface area contributed by atoms with Crippen molar-refractivity contribution < 1.29 is 14.4 Å². The van der Waals surface area contributed by atoms with Crippen molar-refractivity contribution in [1.29, 1.82) is 0 Å². The predicted octanol–water partition coefficient (Wildman–Crippen LogP) is 3.88. The van der Waals surface area contributed by atoms with Gasteiger partial charge in [0.25, 0.3) is 0 Å². The minimum atomic E-state index is -1.10. The van der Waals surface area contributed by atoms with Gasteiger partial charge < -0.3 is 25.3 Å². The normalized spacial score (nSPS) is 11.8. The molecule has 0 aliphatic carbocycles. The first kappa shape index (κ1) is 26.0. The van der Waals surface area contributed by atoms with E-state index in [-0.39, 0.29) is 12.7 Å². The number of hydrogen-bond donors (Lipinski definition) is 1. The monoisotopic (exact) mass is 456 g/mol. The standard InChI is InChI=1S/C9H17N3O3Si.C9H19N3OSi/c1-16(2,3)7-6-15-8-11-5-4-10-9(11)12(13)14;1-14(2,3)7-6-13-8-12-5-4-11-9(12)10/h4-5H,6-8H2,1-3H3;4-5H,6-8H2,1-3H3,(H2,10,11). The first-order valence-electron chi connectivity index (χ1n) is 9.97. The quantitative estimate of drug-likeness (QED) is 0.235. The molecule has 0 aliphatic heterocycles. The van der Waals surface area contributed by atoms with Crippen molar-refractivity contribution in [2.24, 2.45) is 0 Å². The highest BCUT2D eigenvalue weighted by Gasteiger charge is 2.15. The lowest BCUT2D eigenvalue weighted by Crippen LogP contribution is -2.22. The minimum Gasteiger partial charge on any atom is -0.390 e. The number of hydrogen-bond acceptors (Lipinski definition) is 7. The zero-order valence-corrected chi connectivity index (χ0v) is 21.0. The van der Waals surface area contributed by atoms with Crippen molar-refractivity contribution in [3.05, 3.63) is 34.9 Å².